The molecule has 5 nitrogen and oxygen atoms in total. The van der Waals surface area contributed by atoms with Gasteiger partial charge in [-0.15, -0.1) is 0 Å². The minimum Gasteiger partial charge on any atom is -0.322 e. The highest BCUT2D eigenvalue weighted by Crippen LogP contribution is 2.24. The summed E-state index contributed by atoms with van der Waals surface area (Å²) in [6.45, 7) is 0. The molecule has 0 bridgehead atoms. The first kappa shape index (κ1) is 19.3. The number of non-ortho nitro benzene ring substituents is 1. The lowest BCUT2D eigenvalue weighted by Gasteiger charge is -2.10. The van der Waals surface area contributed by atoms with E-state index in [1.54, 1.807) is 42.5 Å². The van der Waals surface area contributed by atoms with Gasteiger partial charge in [-0.1, -0.05) is 54.1 Å². The van der Waals surface area contributed by atoms with Crippen LogP contribution in [0.5, 0.6) is 0 Å². The van der Waals surface area contributed by atoms with Gasteiger partial charge in [-0.05, 0) is 35.4 Å². The molecule has 3 aromatic carbocycles. The lowest BCUT2D eigenvalue weighted by molar-refractivity contribution is -0.384. The van der Waals surface area contributed by atoms with Gasteiger partial charge in [0, 0.05) is 23.4 Å². The van der Waals surface area contributed by atoms with Gasteiger partial charge in [0.15, 0.2) is 0 Å². The van der Waals surface area contributed by atoms with E-state index < -0.39 is 16.6 Å². The van der Waals surface area contributed by atoms with Crippen molar-refractivity contribution in [2.75, 3.05) is 5.32 Å². The maximum atomic E-state index is 13.3. The normalized spacial score (nSPS) is 11.1. The molecule has 140 valence electrons. The third-order valence-corrected chi connectivity index (χ3v) is 4.19. The summed E-state index contributed by atoms with van der Waals surface area (Å²) in [5.41, 5.74) is 1.67. The zero-order valence-electron chi connectivity index (χ0n) is 14.4. The van der Waals surface area contributed by atoms with E-state index in [9.17, 15) is 19.3 Å². The molecule has 3 rings (SSSR count). The van der Waals surface area contributed by atoms with Crippen LogP contribution in [0, 0.1) is 15.9 Å². The summed E-state index contributed by atoms with van der Waals surface area (Å²) in [5, 5.41) is 13.6. The molecule has 0 saturated carbocycles. The van der Waals surface area contributed by atoms with Crippen molar-refractivity contribution < 1.29 is 14.1 Å². The quantitative estimate of drug-likeness (QED) is 0.265. The van der Waals surface area contributed by atoms with Crippen molar-refractivity contribution in [3.8, 4) is 0 Å². The number of nitro groups is 1. The van der Waals surface area contributed by atoms with Crippen LogP contribution in [-0.4, -0.2) is 10.8 Å². The summed E-state index contributed by atoms with van der Waals surface area (Å²) in [6, 6.07) is 18.7. The molecule has 0 aromatic heterocycles. The van der Waals surface area contributed by atoms with Crippen molar-refractivity contribution in [3.63, 3.8) is 0 Å². The van der Waals surface area contributed by atoms with E-state index in [1.807, 2.05) is 6.07 Å². The van der Waals surface area contributed by atoms with Gasteiger partial charge in [-0.25, -0.2) is 4.39 Å². The zero-order chi connectivity index (χ0) is 20.1. The number of anilines is 1. The fraction of sp³-hybridized carbons (Fsp3) is 0. The van der Waals surface area contributed by atoms with Crippen LogP contribution in [0.15, 0.2) is 72.8 Å². The van der Waals surface area contributed by atoms with Crippen LogP contribution in [0.1, 0.15) is 11.1 Å². The zero-order valence-corrected chi connectivity index (χ0v) is 15.2. The number of nitrogens with zero attached hydrogens (tertiary/aromatic N) is 1. The minimum absolute atomic E-state index is 0.0770. The van der Waals surface area contributed by atoms with Crippen molar-refractivity contribution >= 4 is 40.5 Å². The van der Waals surface area contributed by atoms with Crippen LogP contribution in [0.2, 0.25) is 5.02 Å². The van der Waals surface area contributed by atoms with Gasteiger partial charge in [0.05, 0.1) is 9.95 Å². The molecule has 0 heterocycles. The third kappa shape index (κ3) is 4.61. The van der Waals surface area contributed by atoms with Gasteiger partial charge in [0.1, 0.15) is 5.82 Å². The fourth-order valence-corrected chi connectivity index (χ4v) is 2.75. The minimum atomic E-state index is -0.588. The van der Waals surface area contributed by atoms with Crippen LogP contribution in [0.25, 0.3) is 11.6 Å². The first-order valence-corrected chi connectivity index (χ1v) is 8.60. The molecule has 1 amide bonds. The number of amides is 1. The molecule has 0 unspecified atom stereocenters. The summed E-state index contributed by atoms with van der Waals surface area (Å²) >= 11 is 5.77. The van der Waals surface area contributed by atoms with Gasteiger partial charge in [0.25, 0.3) is 11.6 Å². The number of rotatable bonds is 5. The number of benzene rings is 3. The largest absolute Gasteiger partial charge is 0.322 e. The summed E-state index contributed by atoms with van der Waals surface area (Å²) in [7, 11) is 0. The number of carbonyl (C=O) groups is 1. The predicted octanol–water partition coefficient (Wildman–Crippen LogP) is 5.57. The molecule has 0 radical (unpaired) electrons. The van der Waals surface area contributed by atoms with Gasteiger partial charge in [-0.2, -0.15) is 0 Å². The molecular formula is C21H14ClFN2O3. The number of carbonyl (C=O) groups excluding carboxylic acids is 1. The monoisotopic (exact) mass is 396 g/mol. The molecule has 0 spiro atoms. The maximum Gasteiger partial charge on any atom is 0.270 e. The molecule has 0 aliphatic rings. The lowest BCUT2D eigenvalue weighted by atomic mass is 10.0. The molecule has 0 fully saturated rings. The second kappa shape index (κ2) is 8.45. The molecule has 0 aliphatic carbocycles. The van der Waals surface area contributed by atoms with Crippen molar-refractivity contribution in [1.82, 2.24) is 0 Å². The van der Waals surface area contributed by atoms with Gasteiger partial charge < -0.3 is 5.32 Å². The first-order chi connectivity index (χ1) is 13.4. The number of hydrogen-bond acceptors (Lipinski definition) is 3. The average molecular weight is 397 g/mol. The second-order valence-corrected chi connectivity index (χ2v) is 6.27. The number of hydrogen-bond donors (Lipinski definition) is 1. The van der Waals surface area contributed by atoms with E-state index in [2.05, 4.69) is 5.32 Å². The highest BCUT2D eigenvalue weighted by atomic mass is 35.5. The molecule has 3 aromatic rings. The molecule has 7 heteroatoms. The van der Waals surface area contributed by atoms with Crippen molar-refractivity contribution in [1.29, 1.82) is 0 Å². The van der Waals surface area contributed by atoms with Crippen LogP contribution in [-0.2, 0) is 4.79 Å². The Hall–Kier alpha value is -3.51. The molecule has 28 heavy (non-hydrogen) atoms. The SMILES string of the molecule is O=C(Nc1ccc(F)c(Cl)c1)/C(=C/c1cccc([N+](=O)[O-])c1)c1ccccc1. The fourth-order valence-electron chi connectivity index (χ4n) is 2.56. The molecular weight excluding hydrogens is 383 g/mol. The Bertz CT molecular complexity index is 1070. The van der Waals surface area contributed by atoms with Crippen LogP contribution in [0.4, 0.5) is 15.8 Å². The van der Waals surface area contributed by atoms with Crippen molar-refractivity contribution in [2.24, 2.45) is 0 Å². The topological polar surface area (TPSA) is 72.2 Å². The molecule has 0 saturated heterocycles. The number of halogens is 2. The lowest BCUT2D eigenvalue weighted by Crippen LogP contribution is -2.13. The summed E-state index contributed by atoms with van der Waals surface area (Å²) in [6.07, 6.45) is 1.56. The number of nitrogens with one attached hydrogen (secondary N) is 1. The van der Waals surface area contributed by atoms with E-state index in [4.69, 9.17) is 11.6 Å². The second-order valence-electron chi connectivity index (χ2n) is 5.86. The summed E-state index contributed by atoms with van der Waals surface area (Å²) in [4.78, 5) is 23.4. The van der Waals surface area contributed by atoms with E-state index in [0.29, 0.717) is 22.4 Å². The maximum absolute atomic E-state index is 13.3. The molecule has 1 N–H and O–H groups in total. The van der Waals surface area contributed by atoms with E-state index in [1.165, 1.54) is 24.3 Å². The highest BCUT2D eigenvalue weighted by Gasteiger charge is 2.14. The Kier molecular flexibility index (Phi) is 5.81. The number of nitro benzene ring substituents is 1. The smallest absolute Gasteiger partial charge is 0.270 e. The van der Waals surface area contributed by atoms with Gasteiger partial charge in [-0.3, -0.25) is 14.9 Å². The Morgan fingerprint density at radius 2 is 1.79 bits per heavy atom. The summed E-state index contributed by atoms with van der Waals surface area (Å²) < 4.78 is 13.3. The van der Waals surface area contributed by atoms with E-state index in [0.717, 1.165) is 6.07 Å². The standard InChI is InChI=1S/C21H14ClFN2O3/c22-19-13-16(9-10-20(19)23)24-21(26)18(15-6-2-1-3-7-15)12-14-5-4-8-17(11-14)25(27)28/h1-13H,(H,24,26)/b18-12+. The summed E-state index contributed by atoms with van der Waals surface area (Å²) in [5.74, 6) is -1.05. The van der Waals surface area contributed by atoms with E-state index >= 15 is 0 Å². The van der Waals surface area contributed by atoms with Crippen molar-refractivity contribution in [3.05, 3.63) is 105 Å². The first-order valence-electron chi connectivity index (χ1n) is 8.22. The Morgan fingerprint density at radius 1 is 1.04 bits per heavy atom. The van der Waals surface area contributed by atoms with E-state index in [-0.39, 0.29) is 10.7 Å². The predicted molar refractivity (Wildman–Crippen MR) is 107 cm³/mol. The van der Waals surface area contributed by atoms with Crippen molar-refractivity contribution in [2.45, 2.75) is 0 Å². The Balaban J connectivity index is 1.99. The van der Waals surface area contributed by atoms with Crippen LogP contribution >= 0.6 is 11.6 Å². The molecule has 0 atom stereocenters. The molecule has 0 aliphatic heterocycles. The van der Waals surface area contributed by atoms with Crippen LogP contribution < -0.4 is 5.32 Å². The Labute approximate surface area is 165 Å². The third-order valence-electron chi connectivity index (χ3n) is 3.90. The van der Waals surface area contributed by atoms with Gasteiger partial charge in [0.2, 0.25) is 0 Å². The Morgan fingerprint density at radius 3 is 2.46 bits per heavy atom. The van der Waals surface area contributed by atoms with Gasteiger partial charge >= 0.3 is 0 Å². The van der Waals surface area contributed by atoms with Crippen LogP contribution in [0.3, 0.4) is 0 Å². The highest BCUT2D eigenvalue weighted by molar-refractivity contribution is 6.32. The average Bonchev–Trinajstić information content (AvgIpc) is 2.69.